The smallest absolute Gasteiger partial charge is 0.156 e. The molecule has 19 heavy (non-hydrogen) atoms. The molecule has 1 aromatic carbocycles. The minimum absolute atomic E-state index is 0.493. The Kier molecular flexibility index (Phi) is 2.83. The van der Waals surface area contributed by atoms with Gasteiger partial charge in [0.1, 0.15) is 5.69 Å². The second-order valence-corrected chi connectivity index (χ2v) is 4.60. The fourth-order valence-electron chi connectivity index (χ4n) is 2.30. The topological polar surface area (TPSA) is 72.5 Å². The van der Waals surface area contributed by atoms with Gasteiger partial charge in [-0.15, -0.1) is 0 Å². The van der Waals surface area contributed by atoms with Gasteiger partial charge in [-0.25, -0.2) is 4.98 Å². The third-order valence-electron chi connectivity index (χ3n) is 3.35. The number of hydrogen-bond acceptors (Lipinski definition) is 3. The van der Waals surface area contributed by atoms with Crippen molar-refractivity contribution in [2.75, 3.05) is 0 Å². The van der Waals surface area contributed by atoms with Crippen LogP contribution in [0.4, 0.5) is 0 Å². The van der Waals surface area contributed by atoms with E-state index in [-0.39, 0.29) is 0 Å². The Bertz CT molecular complexity index is 723. The average molecular weight is 255 g/mol. The van der Waals surface area contributed by atoms with E-state index in [1.807, 2.05) is 29.9 Å². The Labute approximate surface area is 111 Å². The Morgan fingerprint density at radius 3 is 2.89 bits per heavy atom. The summed E-state index contributed by atoms with van der Waals surface area (Å²) in [6, 6.07) is 8.09. The zero-order valence-electron chi connectivity index (χ0n) is 11.1. The van der Waals surface area contributed by atoms with Crippen molar-refractivity contribution >= 4 is 11.0 Å². The van der Waals surface area contributed by atoms with Crippen LogP contribution in [0.2, 0.25) is 0 Å². The van der Waals surface area contributed by atoms with Crippen molar-refractivity contribution < 1.29 is 0 Å². The number of benzene rings is 1. The van der Waals surface area contributed by atoms with Crippen molar-refractivity contribution in [3.63, 3.8) is 0 Å². The van der Waals surface area contributed by atoms with Crippen molar-refractivity contribution in [2.24, 2.45) is 12.8 Å². The van der Waals surface area contributed by atoms with Gasteiger partial charge in [0.25, 0.3) is 0 Å². The van der Waals surface area contributed by atoms with Crippen LogP contribution in [0.25, 0.3) is 22.6 Å². The highest BCUT2D eigenvalue weighted by molar-refractivity contribution is 5.82. The summed E-state index contributed by atoms with van der Waals surface area (Å²) >= 11 is 0. The molecule has 0 aliphatic rings. The fraction of sp³-hybridized carbons (Fsp3) is 0.286. The predicted octanol–water partition coefficient (Wildman–Crippen LogP) is 1.98. The molecule has 2 heterocycles. The lowest BCUT2D eigenvalue weighted by atomic mass is 10.2. The van der Waals surface area contributed by atoms with Crippen LogP contribution in [0.3, 0.4) is 0 Å². The molecule has 0 amide bonds. The van der Waals surface area contributed by atoms with Crippen LogP contribution in [0, 0.1) is 0 Å². The van der Waals surface area contributed by atoms with Crippen LogP contribution in [0.1, 0.15) is 18.2 Å². The van der Waals surface area contributed by atoms with E-state index < -0.39 is 0 Å². The number of nitrogens with one attached hydrogen (secondary N) is 1. The number of para-hydroxylation sites is 1. The molecule has 3 rings (SSSR count). The van der Waals surface area contributed by atoms with E-state index in [1.54, 1.807) is 0 Å². The highest BCUT2D eigenvalue weighted by Crippen LogP contribution is 2.23. The van der Waals surface area contributed by atoms with E-state index in [2.05, 4.69) is 28.1 Å². The van der Waals surface area contributed by atoms with Crippen LogP contribution in [-0.4, -0.2) is 19.7 Å². The van der Waals surface area contributed by atoms with Gasteiger partial charge in [-0.05, 0) is 24.1 Å². The van der Waals surface area contributed by atoms with Gasteiger partial charge < -0.3 is 10.7 Å². The summed E-state index contributed by atoms with van der Waals surface area (Å²) in [7, 11) is 1.94. The molecule has 0 aliphatic carbocycles. The minimum atomic E-state index is 0.493. The zero-order valence-corrected chi connectivity index (χ0v) is 11.1. The third kappa shape index (κ3) is 1.92. The maximum absolute atomic E-state index is 5.75. The monoisotopic (exact) mass is 255 g/mol. The molecule has 0 unspecified atom stereocenters. The summed E-state index contributed by atoms with van der Waals surface area (Å²) in [5.41, 5.74) is 10.8. The van der Waals surface area contributed by atoms with Gasteiger partial charge >= 0.3 is 0 Å². The number of nitrogens with two attached hydrogens (primary N) is 1. The van der Waals surface area contributed by atoms with Crippen LogP contribution in [0.15, 0.2) is 24.3 Å². The Morgan fingerprint density at radius 2 is 2.21 bits per heavy atom. The second-order valence-electron chi connectivity index (χ2n) is 4.60. The molecule has 0 fully saturated rings. The molecule has 98 valence electrons. The lowest BCUT2D eigenvalue weighted by Crippen LogP contribution is -1.97. The van der Waals surface area contributed by atoms with E-state index in [0.717, 1.165) is 40.2 Å². The van der Waals surface area contributed by atoms with Gasteiger partial charge in [0.15, 0.2) is 5.82 Å². The molecule has 0 saturated heterocycles. The normalized spacial score (nSPS) is 11.3. The van der Waals surface area contributed by atoms with Crippen LogP contribution in [-0.2, 0) is 20.0 Å². The summed E-state index contributed by atoms with van der Waals surface area (Å²) < 4.78 is 1.86. The van der Waals surface area contributed by atoms with Gasteiger partial charge in [-0.1, -0.05) is 19.1 Å². The molecule has 5 heteroatoms. The zero-order chi connectivity index (χ0) is 13.4. The van der Waals surface area contributed by atoms with Gasteiger partial charge in [-0.3, -0.25) is 4.68 Å². The predicted molar refractivity (Wildman–Crippen MR) is 75.6 cm³/mol. The first-order valence-corrected chi connectivity index (χ1v) is 6.44. The van der Waals surface area contributed by atoms with Crippen LogP contribution < -0.4 is 5.73 Å². The molecule has 3 N–H and O–H groups in total. The van der Waals surface area contributed by atoms with E-state index in [1.165, 1.54) is 0 Å². The lowest BCUT2D eigenvalue weighted by Gasteiger charge is -1.96. The number of nitrogens with zero attached hydrogens (tertiary/aromatic N) is 3. The van der Waals surface area contributed by atoms with Crippen molar-refractivity contribution in [1.29, 1.82) is 0 Å². The van der Waals surface area contributed by atoms with E-state index in [9.17, 15) is 0 Å². The summed E-state index contributed by atoms with van der Waals surface area (Å²) in [5, 5.41) is 4.45. The molecular weight excluding hydrogens is 238 g/mol. The van der Waals surface area contributed by atoms with Crippen molar-refractivity contribution in [1.82, 2.24) is 19.7 Å². The molecule has 3 aromatic rings. The Hall–Kier alpha value is -2.14. The molecule has 5 nitrogen and oxygen atoms in total. The summed E-state index contributed by atoms with van der Waals surface area (Å²) in [4.78, 5) is 8.00. The van der Waals surface area contributed by atoms with E-state index in [0.29, 0.717) is 6.54 Å². The van der Waals surface area contributed by atoms with E-state index >= 15 is 0 Å². The molecule has 0 atom stereocenters. The molecule has 0 radical (unpaired) electrons. The Morgan fingerprint density at radius 1 is 1.37 bits per heavy atom. The number of imidazole rings is 1. The molecule has 0 spiro atoms. The number of aryl methyl sites for hydroxylation is 2. The number of rotatable bonds is 3. The SMILES string of the molecule is CCc1cc(-c2nc3c(CN)cccc3[nH]2)n(C)n1. The number of fused-ring (bicyclic) bond motifs is 1. The highest BCUT2D eigenvalue weighted by atomic mass is 15.3. The Balaban J connectivity index is 2.17. The minimum Gasteiger partial charge on any atom is -0.337 e. The molecule has 0 saturated carbocycles. The quantitative estimate of drug-likeness (QED) is 0.751. The first-order chi connectivity index (χ1) is 9.22. The van der Waals surface area contributed by atoms with Crippen molar-refractivity contribution in [2.45, 2.75) is 19.9 Å². The second kappa shape index (κ2) is 4.51. The van der Waals surface area contributed by atoms with Gasteiger partial charge in [0.05, 0.1) is 16.7 Å². The van der Waals surface area contributed by atoms with Crippen molar-refractivity contribution in [3.8, 4) is 11.5 Å². The number of H-pyrrole nitrogens is 1. The van der Waals surface area contributed by atoms with Gasteiger partial charge in [0, 0.05) is 13.6 Å². The molecular formula is C14H17N5. The van der Waals surface area contributed by atoms with Crippen LogP contribution in [0.5, 0.6) is 0 Å². The largest absolute Gasteiger partial charge is 0.337 e. The third-order valence-corrected chi connectivity index (χ3v) is 3.35. The fourth-order valence-corrected chi connectivity index (χ4v) is 2.30. The molecule has 0 aliphatic heterocycles. The standard InChI is InChI=1S/C14H17N5/c1-3-10-7-12(19(2)18-10)14-16-11-6-4-5-9(8-15)13(11)17-14/h4-7H,3,8,15H2,1-2H3,(H,16,17). The number of aromatic amines is 1. The molecule has 0 bridgehead atoms. The summed E-state index contributed by atoms with van der Waals surface area (Å²) in [6.45, 7) is 2.59. The average Bonchev–Trinajstić information content (AvgIpc) is 3.00. The van der Waals surface area contributed by atoms with Gasteiger partial charge in [0.2, 0.25) is 0 Å². The first kappa shape index (κ1) is 11.9. The number of aromatic nitrogens is 4. The summed E-state index contributed by atoms with van der Waals surface area (Å²) in [6.07, 6.45) is 0.919. The highest BCUT2D eigenvalue weighted by Gasteiger charge is 2.12. The maximum atomic E-state index is 5.75. The molecule has 2 aromatic heterocycles. The van der Waals surface area contributed by atoms with Gasteiger partial charge in [-0.2, -0.15) is 5.10 Å². The lowest BCUT2D eigenvalue weighted by molar-refractivity contribution is 0.749. The summed E-state index contributed by atoms with van der Waals surface area (Å²) in [5.74, 6) is 0.839. The number of hydrogen-bond donors (Lipinski definition) is 2. The van der Waals surface area contributed by atoms with E-state index in [4.69, 9.17) is 5.73 Å². The maximum Gasteiger partial charge on any atom is 0.156 e. The van der Waals surface area contributed by atoms with Crippen LogP contribution >= 0.6 is 0 Å². The van der Waals surface area contributed by atoms with Crippen molar-refractivity contribution in [3.05, 3.63) is 35.5 Å². The first-order valence-electron chi connectivity index (χ1n) is 6.44.